The molecule has 18 heavy (non-hydrogen) atoms. The molecule has 1 aromatic heterocycles. The zero-order valence-corrected chi connectivity index (χ0v) is 11.6. The van der Waals surface area contributed by atoms with E-state index >= 15 is 0 Å². The summed E-state index contributed by atoms with van der Waals surface area (Å²) in [5.74, 6) is 1.92. The van der Waals surface area contributed by atoms with Gasteiger partial charge in [0.25, 0.3) is 0 Å². The topological polar surface area (TPSA) is 56.3 Å². The van der Waals surface area contributed by atoms with Crippen LogP contribution in [0.5, 0.6) is 11.5 Å². The molecule has 0 radical (unpaired) electrons. The lowest BCUT2D eigenvalue weighted by Gasteiger charge is -2.11. The summed E-state index contributed by atoms with van der Waals surface area (Å²) in [6.07, 6.45) is 3.34. The summed E-state index contributed by atoms with van der Waals surface area (Å²) in [5.41, 5.74) is 0.749. The molecule has 0 aliphatic rings. The van der Waals surface area contributed by atoms with Crippen molar-refractivity contribution in [3.63, 3.8) is 0 Å². The average molecular weight is 310 g/mol. The normalized spacial score (nSPS) is 9.94. The average Bonchev–Trinajstić information content (AvgIpc) is 2.41. The Morgan fingerprint density at radius 1 is 1.11 bits per heavy atom. The minimum atomic E-state index is 0.491. The summed E-state index contributed by atoms with van der Waals surface area (Å²) < 4.78 is 11.2. The molecule has 0 aliphatic heterocycles. The van der Waals surface area contributed by atoms with Crippen LogP contribution in [0.15, 0.2) is 35.1 Å². The number of nitrogens with one attached hydrogen (secondary N) is 1. The molecular formula is C12H12BrN3O2. The second-order valence-corrected chi connectivity index (χ2v) is 4.33. The largest absolute Gasteiger partial charge is 0.497 e. The SMILES string of the molecule is COc1ccc(OC)c(Nc2ncc(Br)cn2)c1. The van der Waals surface area contributed by atoms with Crippen molar-refractivity contribution in [1.29, 1.82) is 0 Å². The molecule has 2 rings (SSSR count). The van der Waals surface area contributed by atoms with Crippen LogP contribution in [0, 0.1) is 0 Å². The van der Waals surface area contributed by atoms with Gasteiger partial charge in [0.2, 0.25) is 5.95 Å². The molecule has 6 heteroatoms. The van der Waals surface area contributed by atoms with E-state index in [0.29, 0.717) is 11.7 Å². The molecule has 0 unspecified atom stereocenters. The Balaban J connectivity index is 2.29. The Morgan fingerprint density at radius 2 is 1.83 bits per heavy atom. The van der Waals surface area contributed by atoms with Gasteiger partial charge in [0, 0.05) is 18.5 Å². The predicted molar refractivity (Wildman–Crippen MR) is 72.6 cm³/mol. The smallest absolute Gasteiger partial charge is 0.227 e. The second-order valence-electron chi connectivity index (χ2n) is 3.42. The molecule has 0 amide bonds. The fourth-order valence-electron chi connectivity index (χ4n) is 1.41. The highest BCUT2D eigenvalue weighted by molar-refractivity contribution is 9.10. The van der Waals surface area contributed by atoms with Crippen LogP contribution < -0.4 is 14.8 Å². The van der Waals surface area contributed by atoms with Gasteiger partial charge in [-0.3, -0.25) is 0 Å². The molecule has 0 bridgehead atoms. The Labute approximate surface area is 113 Å². The third-order valence-electron chi connectivity index (χ3n) is 2.27. The molecule has 94 valence electrons. The van der Waals surface area contributed by atoms with Crippen molar-refractivity contribution in [3.05, 3.63) is 35.1 Å². The lowest BCUT2D eigenvalue weighted by atomic mass is 10.2. The number of hydrogen-bond acceptors (Lipinski definition) is 5. The number of nitrogens with zero attached hydrogens (tertiary/aromatic N) is 2. The number of halogens is 1. The van der Waals surface area contributed by atoms with E-state index in [-0.39, 0.29) is 0 Å². The van der Waals surface area contributed by atoms with E-state index in [4.69, 9.17) is 9.47 Å². The summed E-state index contributed by atoms with van der Waals surface area (Å²) >= 11 is 3.28. The van der Waals surface area contributed by atoms with E-state index in [0.717, 1.165) is 15.9 Å². The van der Waals surface area contributed by atoms with E-state index in [9.17, 15) is 0 Å². The minimum Gasteiger partial charge on any atom is -0.497 e. The maximum absolute atomic E-state index is 5.26. The van der Waals surface area contributed by atoms with E-state index in [1.807, 2.05) is 18.2 Å². The van der Waals surface area contributed by atoms with Crippen molar-refractivity contribution in [2.75, 3.05) is 19.5 Å². The van der Waals surface area contributed by atoms with Gasteiger partial charge in [0.05, 0.1) is 24.4 Å². The fraction of sp³-hybridized carbons (Fsp3) is 0.167. The molecule has 2 aromatic rings. The van der Waals surface area contributed by atoms with Gasteiger partial charge in [-0.1, -0.05) is 0 Å². The number of anilines is 2. The first-order valence-corrected chi connectivity index (χ1v) is 5.99. The first-order valence-electron chi connectivity index (χ1n) is 5.19. The molecule has 0 saturated heterocycles. The van der Waals surface area contributed by atoms with Crippen LogP contribution in [0.25, 0.3) is 0 Å². The summed E-state index contributed by atoms with van der Waals surface area (Å²) in [6.45, 7) is 0. The van der Waals surface area contributed by atoms with Crippen LogP contribution >= 0.6 is 15.9 Å². The Morgan fingerprint density at radius 3 is 2.44 bits per heavy atom. The summed E-state index contributed by atoms with van der Waals surface area (Å²) in [5, 5.41) is 3.08. The van der Waals surface area contributed by atoms with Gasteiger partial charge in [-0.05, 0) is 28.1 Å². The van der Waals surface area contributed by atoms with Gasteiger partial charge in [-0.15, -0.1) is 0 Å². The highest BCUT2D eigenvalue weighted by Crippen LogP contribution is 2.30. The van der Waals surface area contributed by atoms with Gasteiger partial charge >= 0.3 is 0 Å². The van der Waals surface area contributed by atoms with Crippen LogP contribution in [0.4, 0.5) is 11.6 Å². The number of aromatic nitrogens is 2. The Bertz CT molecular complexity index is 531. The first kappa shape index (κ1) is 12.6. The van der Waals surface area contributed by atoms with Crippen LogP contribution in [0.1, 0.15) is 0 Å². The zero-order valence-electron chi connectivity index (χ0n) is 9.98. The quantitative estimate of drug-likeness (QED) is 0.941. The van der Waals surface area contributed by atoms with Crippen molar-refractivity contribution in [3.8, 4) is 11.5 Å². The van der Waals surface area contributed by atoms with Crippen LogP contribution in [-0.2, 0) is 0 Å². The van der Waals surface area contributed by atoms with E-state index in [1.165, 1.54) is 0 Å². The molecule has 1 aromatic carbocycles. The van der Waals surface area contributed by atoms with E-state index in [2.05, 4.69) is 31.2 Å². The van der Waals surface area contributed by atoms with Crippen molar-refractivity contribution >= 4 is 27.6 Å². The maximum Gasteiger partial charge on any atom is 0.227 e. The molecule has 0 atom stereocenters. The number of methoxy groups -OCH3 is 2. The van der Waals surface area contributed by atoms with Gasteiger partial charge in [-0.2, -0.15) is 0 Å². The molecular weight excluding hydrogens is 298 g/mol. The monoisotopic (exact) mass is 309 g/mol. The Kier molecular flexibility index (Phi) is 3.99. The summed E-state index contributed by atoms with van der Waals surface area (Å²) in [7, 11) is 3.22. The third kappa shape index (κ3) is 2.89. The van der Waals surface area contributed by atoms with Gasteiger partial charge in [-0.25, -0.2) is 9.97 Å². The molecule has 0 spiro atoms. The highest BCUT2D eigenvalue weighted by Gasteiger charge is 2.06. The number of ether oxygens (including phenoxy) is 2. The lowest BCUT2D eigenvalue weighted by Crippen LogP contribution is -1.99. The molecule has 0 aliphatic carbocycles. The van der Waals surface area contributed by atoms with Crippen LogP contribution in [0.2, 0.25) is 0 Å². The number of benzene rings is 1. The maximum atomic E-state index is 5.26. The van der Waals surface area contributed by atoms with Crippen LogP contribution in [-0.4, -0.2) is 24.2 Å². The fourth-order valence-corrected chi connectivity index (χ4v) is 1.61. The second kappa shape index (κ2) is 5.68. The lowest BCUT2D eigenvalue weighted by molar-refractivity contribution is 0.405. The van der Waals surface area contributed by atoms with Crippen molar-refractivity contribution in [1.82, 2.24) is 9.97 Å². The molecule has 5 nitrogen and oxygen atoms in total. The molecule has 1 N–H and O–H groups in total. The minimum absolute atomic E-state index is 0.491. The predicted octanol–water partition coefficient (Wildman–Crippen LogP) is 3.00. The van der Waals surface area contributed by atoms with Crippen molar-refractivity contribution in [2.45, 2.75) is 0 Å². The summed E-state index contributed by atoms with van der Waals surface area (Å²) in [6, 6.07) is 5.47. The molecule has 1 heterocycles. The standard InChI is InChI=1S/C12H12BrN3O2/c1-17-9-3-4-11(18-2)10(5-9)16-12-14-6-8(13)7-15-12/h3-7H,1-2H3,(H,14,15,16). The van der Waals surface area contributed by atoms with Crippen molar-refractivity contribution < 1.29 is 9.47 Å². The van der Waals surface area contributed by atoms with E-state index in [1.54, 1.807) is 26.6 Å². The van der Waals surface area contributed by atoms with Gasteiger partial charge < -0.3 is 14.8 Å². The van der Waals surface area contributed by atoms with E-state index < -0.39 is 0 Å². The molecule has 0 fully saturated rings. The van der Waals surface area contributed by atoms with Crippen LogP contribution in [0.3, 0.4) is 0 Å². The number of rotatable bonds is 4. The Hall–Kier alpha value is -1.82. The summed E-state index contributed by atoms with van der Waals surface area (Å²) in [4.78, 5) is 8.28. The van der Waals surface area contributed by atoms with Gasteiger partial charge in [0.1, 0.15) is 11.5 Å². The first-order chi connectivity index (χ1) is 8.72. The zero-order chi connectivity index (χ0) is 13.0. The highest BCUT2D eigenvalue weighted by atomic mass is 79.9. The third-order valence-corrected chi connectivity index (χ3v) is 2.68. The van der Waals surface area contributed by atoms with Gasteiger partial charge in [0.15, 0.2) is 0 Å². The number of hydrogen-bond donors (Lipinski definition) is 1. The molecule has 0 saturated carbocycles. The van der Waals surface area contributed by atoms with Crippen molar-refractivity contribution in [2.24, 2.45) is 0 Å².